The molecule has 3 aromatic carbocycles. The minimum absolute atomic E-state index is 0.964. The van der Waals surface area contributed by atoms with Crippen molar-refractivity contribution in [2.24, 2.45) is 0 Å². The first-order valence-corrected chi connectivity index (χ1v) is 9.47. The van der Waals surface area contributed by atoms with Gasteiger partial charge < -0.3 is 0 Å². The Kier molecular flexibility index (Phi) is 3.60. The zero-order valence-corrected chi connectivity index (χ0v) is 15.1. The summed E-state index contributed by atoms with van der Waals surface area (Å²) in [6.45, 7) is 3.19. The lowest BCUT2D eigenvalue weighted by atomic mass is 9.96. The number of benzene rings is 3. The lowest BCUT2D eigenvalue weighted by Gasteiger charge is -2.06. The summed E-state index contributed by atoms with van der Waals surface area (Å²) in [7, 11) is 0. The van der Waals surface area contributed by atoms with Crippen molar-refractivity contribution in [3.8, 4) is 22.4 Å². The van der Waals surface area contributed by atoms with E-state index >= 15 is 0 Å². The van der Waals surface area contributed by atoms with Crippen LogP contribution in [0.4, 0.5) is 0 Å². The fourth-order valence-electron chi connectivity index (χ4n) is 4.14. The molecule has 0 unspecified atom stereocenters. The summed E-state index contributed by atoms with van der Waals surface area (Å²) in [6, 6.07) is 26.9. The quantitative estimate of drug-likeness (QED) is 0.368. The Morgan fingerprint density at radius 1 is 0.846 bits per heavy atom. The third kappa shape index (κ3) is 2.43. The second-order valence-electron chi connectivity index (χ2n) is 7.20. The van der Waals surface area contributed by atoms with Crippen LogP contribution in [0.25, 0.3) is 33.2 Å². The molecule has 0 saturated carbocycles. The molecule has 0 atom stereocenters. The Hall–Kier alpha value is -2.93. The topological polar surface area (TPSA) is 3.88 Å². The lowest BCUT2D eigenvalue weighted by Crippen LogP contribution is -2.31. The molecule has 26 heavy (non-hydrogen) atoms. The molecule has 4 aromatic rings. The molecule has 0 bridgehead atoms. The zero-order valence-electron chi connectivity index (χ0n) is 15.1. The normalized spacial score (nSPS) is 12.2. The average Bonchev–Trinajstić information content (AvgIpc) is 3.07. The van der Waals surface area contributed by atoms with Crippen LogP contribution in [-0.2, 0) is 13.0 Å². The molecule has 0 radical (unpaired) electrons. The number of pyridine rings is 1. The summed E-state index contributed by atoms with van der Waals surface area (Å²) < 4.78 is 2.38. The average molecular weight is 336 g/mol. The summed E-state index contributed by atoms with van der Waals surface area (Å²) in [5, 5.41) is 2.64. The van der Waals surface area contributed by atoms with E-state index in [0.717, 1.165) is 13.0 Å². The number of rotatable bonds is 3. The highest BCUT2D eigenvalue weighted by molar-refractivity contribution is 5.95. The van der Waals surface area contributed by atoms with E-state index < -0.39 is 0 Å². The standard InChI is InChI=1S/C25H22N/c1-2-5-18-8-10-19(11-9-18)21-12-13-22-17-26-15-14-20-6-3-4-7-23(20)25(26)24(22)16-21/h3-4,6-16H,2,5,17H2,1H3/q+1. The van der Waals surface area contributed by atoms with E-state index in [9.17, 15) is 0 Å². The predicted molar refractivity (Wildman–Crippen MR) is 108 cm³/mol. The SMILES string of the molecule is CCCc1ccc(-c2ccc3c(c2)-c2c4ccccc4cc[n+]2C3)cc1. The van der Waals surface area contributed by atoms with E-state index in [0.29, 0.717) is 0 Å². The maximum absolute atomic E-state index is 2.38. The number of fused-ring (bicyclic) bond motifs is 5. The smallest absolute Gasteiger partial charge is 0.193 e. The van der Waals surface area contributed by atoms with Gasteiger partial charge >= 0.3 is 0 Å². The lowest BCUT2D eigenvalue weighted by molar-refractivity contribution is -0.671. The molecule has 5 rings (SSSR count). The molecule has 0 fully saturated rings. The molecule has 0 spiro atoms. The molecular formula is C25H22N+. The summed E-state index contributed by atoms with van der Waals surface area (Å²) >= 11 is 0. The fraction of sp³-hybridized carbons (Fsp3) is 0.160. The maximum atomic E-state index is 2.38. The van der Waals surface area contributed by atoms with Crippen molar-refractivity contribution in [3.05, 3.63) is 90.1 Å². The molecule has 126 valence electrons. The van der Waals surface area contributed by atoms with Gasteiger partial charge in [0.05, 0.1) is 10.9 Å². The molecule has 0 N–H and O–H groups in total. The van der Waals surface area contributed by atoms with Gasteiger partial charge in [0.15, 0.2) is 12.7 Å². The van der Waals surface area contributed by atoms with Crippen molar-refractivity contribution in [3.63, 3.8) is 0 Å². The predicted octanol–water partition coefficient (Wildman–Crippen LogP) is 5.78. The van der Waals surface area contributed by atoms with E-state index in [1.807, 2.05) is 0 Å². The Morgan fingerprint density at radius 3 is 2.50 bits per heavy atom. The van der Waals surface area contributed by atoms with Gasteiger partial charge in [-0.15, -0.1) is 0 Å². The van der Waals surface area contributed by atoms with Crippen molar-refractivity contribution in [1.82, 2.24) is 0 Å². The minimum Gasteiger partial charge on any atom is -0.193 e. The highest BCUT2D eigenvalue weighted by Crippen LogP contribution is 2.35. The van der Waals surface area contributed by atoms with E-state index in [1.54, 1.807) is 0 Å². The largest absolute Gasteiger partial charge is 0.221 e. The number of hydrogen-bond donors (Lipinski definition) is 0. The van der Waals surface area contributed by atoms with Crippen LogP contribution < -0.4 is 4.57 Å². The second kappa shape index (κ2) is 6.10. The molecular weight excluding hydrogens is 314 g/mol. The van der Waals surface area contributed by atoms with Gasteiger partial charge in [0.1, 0.15) is 0 Å². The van der Waals surface area contributed by atoms with Crippen LogP contribution in [0.3, 0.4) is 0 Å². The van der Waals surface area contributed by atoms with Gasteiger partial charge in [-0.3, -0.25) is 0 Å². The van der Waals surface area contributed by atoms with E-state index in [-0.39, 0.29) is 0 Å². The highest BCUT2D eigenvalue weighted by Gasteiger charge is 2.28. The zero-order chi connectivity index (χ0) is 17.5. The molecule has 1 nitrogen and oxygen atoms in total. The molecule has 2 heterocycles. The fourth-order valence-corrected chi connectivity index (χ4v) is 4.14. The number of aromatic nitrogens is 1. The molecule has 1 aliphatic heterocycles. The first kappa shape index (κ1) is 15.3. The summed E-state index contributed by atoms with van der Waals surface area (Å²) in [5.41, 5.74) is 8.15. The van der Waals surface area contributed by atoms with Crippen molar-refractivity contribution in [2.45, 2.75) is 26.3 Å². The van der Waals surface area contributed by atoms with Gasteiger partial charge in [-0.25, -0.2) is 0 Å². The molecule has 0 amide bonds. The van der Waals surface area contributed by atoms with Gasteiger partial charge in [-0.1, -0.05) is 67.9 Å². The van der Waals surface area contributed by atoms with Crippen molar-refractivity contribution in [1.29, 1.82) is 0 Å². The van der Waals surface area contributed by atoms with Crippen LogP contribution >= 0.6 is 0 Å². The van der Waals surface area contributed by atoms with E-state index in [2.05, 4.69) is 90.5 Å². The van der Waals surface area contributed by atoms with Gasteiger partial charge in [-0.2, -0.15) is 4.57 Å². The van der Waals surface area contributed by atoms with Crippen LogP contribution in [-0.4, -0.2) is 0 Å². The Balaban J connectivity index is 1.64. The van der Waals surface area contributed by atoms with Gasteiger partial charge in [0.25, 0.3) is 0 Å². The Labute approximate surface area is 154 Å². The van der Waals surface area contributed by atoms with Crippen LogP contribution in [0.1, 0.15) is 24.5 Å². The summed E-state index contributed by atoms with van der Waals surface area (Å²) in [5.74, 6) is 0. The van der Waals surface area contributed by atoms with Crippen LogP contribution in [0, 0.1) is 0 Å². The van der Waals surface area contributed by atoms with Crippen LogP contribution in [0.5, 0.6) is 0 Å². The van der Waals surface area contributed by atoms with Crippen molar-refractivity contribution < 1.29 is 4.57 Å². The molecule has 0 saturated heterocycles. The van der Waals surface area contributed by atoms with Gasteiger partial charge in [0.2, 0.25) is 5.69 Å². The third-order valence-electron chi connectivity index (χ3n) is 5.47. The molecule has 1 aromatic heterocycles. The van der Waals surface area contributed by atoms with Gasteiger partial charge in [0, 0.05) is 11.6 Å². The van der Waals surface area contributed by atoms with Crippen LogP contribution in [0.15, 0.2) is 79.0 Å². The molecule has 1 heteroatoms. The van der Waals surface area contributed by atoms with E-state index in [4.69, 9.17) is 0 Å². The second-order valence-corrected chi connectivity index (χ2v) is 7.20. The Morgan fingerprint density at radius 2 is 1.65 bits per heavy atom. The number of nitrogens with zero attached hydrogens (tertiary/aromatic N) is 1. The monoisotopic (exact) mass is 336 g/mol. The summed E-state index contributed by atoms with van der Waals surface area (Å²) in [4.78, 5) is 0. The van der Waals surface area contributed by atoms with Gasteiger partial charge in [-0.05, 0) is 40.6 Å². The first-order valence-electron chi connectivity index (χ1n) is 9.47. The van der Waals surface area contributed by atoms with Crippen molar-refractivity contribution >= 4 is 10.8 Å². The van der Waals surface area contributed by atoms with Crippen molar-refractivity contribution in [2.75, 3.05) is 0 Å². The summed E-state index contributed by atoms with van der Waals surface area (Å²) in [6.07, 6.45) is 4.57. The van der Waals surface area contributed by atoms with E-state index in [1.165, 1.54) is 50.7 Å². The first-order chi connectivity index (χ1) is 12.8. The number of aryl methyl sites for hydroxylation is 1. The highest BCUT2D eigenvalue weighted by atomic mass is 15.0. The number of hydrogen-bond acceptors (Lipinski definition) is 0. The molecule has 0 aliphatic carbocycles. The van der Waals surface area contributed by atoms with Crippen LogP contribution in [0.2, 0.25) is 0 Å². The third-order valence-corrected chi connectivity index (χ3v) is 5.47. The molecule has 1 aliphatic rings. The Bertz CT molecular complexity index is 1110. The minimum atomic E-state index is 0.964. The maximum Gasteiger partial charge on any atom is 0.221 e.